The van der Waals surface area contributed by atoms with Crippen LogP contribution in [0.15, 0.2) is 42.5 Å². The van der Waals surface area contributed by atoms with E-state index < -0.39 is 11.9 Å². The Morgan fingerprint density at radius 2 is 1.95 bits per heavy atom. The second-order valence-corrected chi connectivity index (χ2v) is 5.28. The Morgan fingerprint density at radius 3 is 2.55 bits per heavy atom. The maximum atomic E-state index is 13.0. The van der Waals surface area contributed by atoms with Crippen molar-refractivity contribution in [2.75, 3.05) is 5.32 Å². The highest BCUT2D eigenvalue weighted by molar-refractivity contribution is 6.32. The molecule has 2 aromatic rings. The molecule has 22 heavy (non-hydrogen) atoms. The van der Waals surface area contributed by atoms with Crippen molar-refractivity contribution < 1.29 is 13.9 Å². The molecular weight excluding hydrogens is 305 g/mol. The number of benzene rings is 2. The van der Waals surface area contributed by atoms with Gasteiger partial charge in [0.15, 0.2) is 6.10 Å². The van der Waals surface area contributed by atoms with Gasteiger partial charge in [0.2, 0.25) is 0 Å². The number of halogens is 2. The van der Waals surface area contributed by atoms with Gasteiger partial charge in [0, 0.05) is 5.69 Å². The fourth-order valence-electron chi connectivity index (χ4n) is 1.88. The molecule has 0 heterocycles. The van der Waals surface area contributed by atoms with Gasteiger partial charge in [-0.15, -0.1) is 0 Å². The number of ether oxygens (including phenoxy) is 1. The van der Waals surface area contributed by atoms with Crippen molar-refractivity contribution in [2.24, 2.45) is 0 Å². The van der Waals surface area contributed by atoms with Gasteiger partial charge in [0.25, 0.3) is 5.91 Å². The number of rotatable bonds is 5. The van der Waals surface area contributed by atoms with Crippen molar-refractivity contribution >= 4 is 23.2 Å². The van der Waals surface area contributed by atoms with E-state index in [9.17, 15) is 9.18 Å². The average molecular weight is 322 g/mol. The molecule has 0 unspecified atom stereocenters. The van der Waals surface area contributed by atoms with Crippen LogP contribution in [0.2, 0.25) is 5.02 Å². The summed E-state index contributed by atoms with van der Waals surface area (Å²) in [5.74, 6) is -0.484. The minimum atomic E-state index is -0.756. The van der Waals surface area contributed by atoms with Crippen molar-refractivity contribution in [1.82, 2.24) is 0 Å². The van der Waals surface area contributed by atoms with Crippen molar-refractivity contribution in [1.29, 1.82) is 0 Å². The Hall–Kier alpha value is -2.07. The Kier molecular flexibility index (Phi) is 5.39. The molecule has 0 fully saturated rings. The summed E-state index contributed by atoms with van der Waals surface area (Å²) in [5, 5.41) is 2.89. The molecule has 0 bridgehead atoms. The van der Waals surface area contributed by atoms with E-state index in [1.165, 1.54) is 17.7 Å². The van der Waals surface area contributed by atoms with Gasteiger partial charge < -0.3 is 10.1 Å². The van der Waals surface area contributed by atoms with Crippen LogP contribution in [-0.4, -0.2) is 12.0 Å². The fraction of sp³-hybridized carbons (Fsp3) is 0.235. The third-order valence-electron chi connectivity index (χ3n) is 3.20. The van der Waals surface area contributed by atoms with E-state index in [1.807, 2.05) is 24.3 Å². The molecule has 0 saturated carbocycles. The Labute approximate surface area is 134 Å². The third-order valence-corrected chi connectivity index (χ3v) is 3.49. The number of nitrogens with one attached hydrogen (secondary N) is 1. The molecule has 0 aromatic heterocycles. The van der Waals surface area contributed by atoms with E-state index in [2.05, 4.69) is 12.2 Å². The minimum absolute atomic E-state index is 0.131. The summed E-state index contributed by atoms with van der Waals surface area (Å²) in [6, 6.07) is 11.4. The first-order valence-corrected chi connectivity index (χ1v) is 7.39. The summed E-state index contributed by atoms with van der Waals surface area (Å²) in [6.07, 6.45) is 0.186. The number of hydrogen-bond donors (Lipinski definition) is 1. The second-order valence-electron chi connectivity index (χ2n) is 4.87. The lowest BCUT2D eigenvalue weighted by molar-refractivity contribution is -0.122. The van der Waals surface area contributed by atoms with Crippen LogP contribution in [0.1, 0.15) is 19.4 Å². The van der Waals surface area contributed by atoms with Crippen LogP contribution in [0, 0.1) is 5.82 Å². The van der Waals surface area contributed by atoms with Gasteiger partial charge in [-0.25, -0.2) is 4.39 Å². The number of carbonyl (C=O) groups is 1. The van der Waals surface area contributed by atoms with Crippen LogP contribution < -0.4 is 10.1 Å². The van der Waals surface area contributed by atoms with Gasteiger partial charge in [0.05, 0.1) is 5.02 Å². The molecule has 0 aliphatic carbocycles. The van der Waals surface area contributed by atoms with Crippen LogP contribution in [0.5, 0.6) is 5.75 Å². The minimum Gasteiger partial charge on any atom is -0.479 e. The lowest BCUT2D eigenvalue weighted by Crippen LogP contribution is -2.30. The fourth-order valence-corrected chi connectivity index (χ4v) is 2.09. The van der Waals surface area contributed by atoms with E-state index in [1.54, 1.807) is 6.92 Å². The summed E-state index contributed by atoms with van der Waals surface area (Å²) in [4.78, 5) is 12.1. The topological polar surface area (TPSA) is 38.3 Å². The molecule has 116 valence electrons. The molecule has 2 aromatic carbocycles. The summed E-state index contributed by atoms with van der Waals surface area (Å²) in [6.45, 7) is 3.67. The summed E-state index contributed by atoms with van der Waals surface area (Å²) < 4.78 is 18.4. The number of anilines is 1. The molecule has 0 spiro atoms. The molecule has 1 N–H and O–H groups in total. The second kappa shape index (κ2) is 7.27. The smallest absolute Gasteiger partial charge is 0.265 e. The molecule has 2 rings (SSSR count). The zero-order chi connectivity index (χ0) is 16.1. The van der Waals surface area contributed by atoms with Gasteiger partial charge in [-0.05, 0) is 49.2 Å². The largest absolute Gasteiger partial charge is 0.479 e. The molecular formula is C17H17ClFNO2. The summed E-state index contributed by atoms with van der Waals surface area (Å²) in [7, 11) is 0. The van der Waals surface area contributed by atoms with Crippen LogP contribution >= 0.6 is 11.6 Å². The maximum Gasteiger partial charge on any atom is 0.265 e. The highest BCUT2D eigenvalue weighted by atomic mass is 35.5. The van der Waals surface area contributed by atoms with E-state index in [-0.39, 0.29) is 16.7 Å². The monoisotopic (exact) mass is 321 g/mol. The quantitative estimate of drug-likeness (QED) is 0.883. The Bertz CT molecular complexity index is 658. The van der Waals surface area contributed by atoms with Gasteiger partial charge in [0.1, 0.15) is 11.6 Å². The van der Waals surface area contributed by atoms with Crippen molar-refractivity contribution in [3.8, 4) is 5.75 Å². The standard InChI is InChI=1S/C17H17ClFNO2/c1-3-12-4-7-14(8-5-12)20-17(21)11(2)22-16-9-6-13(19)10-15(16)18/h4-11H,3H2,1-2H3,(H,20,21)/t11-/m0/s1. The number of amides is 1. The maximum absolute atomic E-state index is 13.0. The zero-order valence-electron chi connectivity index (χ0n) is 12.4. The Morgan fingerprint density at radius 1 is 1.27 bits per heavy atom. The molecule has 5 heteroatoms. The normalized spacial score (nSPS) is 11.8. The molecule has 1 atom stereocenters. The highest BCUT2D eigenvalue weighted by Crippen LogP contribution is 2.26. The van der Waals surface area contributed by atoms with Crippen LogP contribution in [0.3, 0.4) is 0 Å². The number of aryl methyl sites for hydroxylation is 1. The van der Waals surface area contributed by atoms with E-state index in [4.69, 9.17) is 16.3 Å². The highest BCUT2D eigenvalue weighted by Gasteiger charge is 2.16. The predicted molar refractivity (Wildman–Crippen MR) is 85.9 cm³/mol. The number of carbonyl (C=O) groups excluding carboxylic acids is 1. The van der Waals surface area contributed by atoms with Crippen molar-refractivity contribution in [3.05, 3.63) is 58.9 Å². The van der Waals surface area contributed by atoms with Gasteiger partial charge >= 0.3 is 0 Å². The lowest BCUT2D eigenvalue weighted by atomic mass is 10.1. The molecule has 0 radical (unpaired) electrons. The first-order valence-electron chi connectivity index (χ1n) is 7.01. The van der Waals surface area contributed by atoms with Crippen LogP contribution in [-0.2, 0) is 11.2 Å². The molecule has 0 saturated heterocycles. The Balaban J connectivity index is 1.99. The van der Waals surface area contributed by atoms with Gasteiger partial charge in [-0.1, -0.05) is 30.7 Å². The SMILES string of the molecule is CCc1ccc(NC(=O)[C@H](C)Oc2ccc(F)cc2Cl)cc1. The van der Waals surface area contributed by atoms with E-state index >= 15 is 0 Å². The zero-order valence-corrected chi connectivity index (χ0v) is 13.2. The predicted octanol–water partition coefficient (Wildman–Crippen LogP) is 4.45. The third kappa shape index (κ3) is 4.21. The van der Waals surface area contributed by atoms with Gasteiger partial charge in [-0.3, -0.25) is 4.79 Å². The molecule has 0 aliphatic heterocycles. The lowest BCUT2D eigenvalue weighted by Gasteiger charge is -2.15. The van der Waals surface area contributed by atoms with Crippen molar-refractivity contribution in [3.63, 3.8) is 0 Å². The summed E-state index contributed by atoms with van der Waals surface area (Å²) >= 11 is 5.88. The van der Waals surface area contributed by atoms with Crippen LogP contribution in [0.4, 0.5) is 10.1 Å². The van der Waals surface area contributed by atoms with Gasteiger partial charge in [-0.2, -0.15) is 0 Å². The first kappa shape index (κ1) is 16.3. The molecule has 1 amide bonds. The average Bonchev–Trinajstić information content (AvgIpc) is 2.50. The van der Waals surface area contributed by atoms with Crippen molar-refractivity contribution in [2.45, 2.75) is 26.4 Å². The van der Waals surface area contributed by atoms with Crippen LogP contribution in [0.25, 0.3) is 0 Å². The molecule has 3 nitrogen and oxygen atoms in total. The molecule has 0 aliphatic rings. The van der Waals surface area contributed by atoms with E-state index in [0.29, 0.717) is 5.69 Å². The van der Waals surface area contributed by atoms with E-state index in [0.717, 1.165) is 12.5 Å². The first-order chi connectivity index (χ1) is 10.5. The summed E-state index contributed by atoms with van der Waals surface area (Å²) in [5.41, 5.74) is 1.89. The number of hydrogen-bond acceptors (Lipinski definition) is 2.